The predicted octanol–water partition coefficient (Wildman–Crippen LogP) is 3.76. The van der Waals surface area contributed by atoms with E-state index < -0.39 is 0 Å². The molecular formula is C20H20N2O3S. The molecule has 0 radical (unpaired) electrons. The second kappa shape index (κ2) is 6.61. The quantitative estimate of drug-likeness (QED) is 0.707. The minimum absolute atomic E-state index is 0.149. The van der Waals surface area contributed by atoms with Crippen molar-refractivity contribution in [3.63, 3.8) is 0 Å². The summed E-state index contributed by atoms with van der Waals surface area (Å²) in [6, 6.07) is 12.0. The first kappa shape index (κ1) is 16.8. The molecule has 6 heteroatoms. The van der Waals surface area contributed by atoms with E-state index in [2.05, 4.69) is 31.0 Å². The molecule has 134 valence electrons. The van der Waals surface area contributed by atoms with E-state index in [1.807, 2.05) is 35.9 Å². The van der Waals surface area contributed by atoms with Crippen molar-refractivity contribution >= 4 is 27.5 Å². The van der Waals surface area contributed by atoms with E-state index in [4.69, 9.17) is 9.47 Å². The van der Waals surface area contributed by atoms with Crippen LogP contribution in [0.15, 0.2) is 41.4 Å². The van der Waals surface area contributed by atoms with Crippen LogP contribution in [0.2, 0.25) is 0 Å². The van der Waals surface area contributed by atoms with Crippen LogP contribution in [0.5, 0.6) is 11.5 Å². The fourth-order valence-corrected chi connectivity index (χ4v) is 4.01. The Morgan fingerprint density at radius 1 is 1.19 bits per heavy atom. The lowest BCUT2D eigenvalue weighted by Crippen LogP contribution is -2.14. The number of benzene rings is 2. The van der Waals surface area contributed by atoms with Gasteiger partial charge in [0.2, 0.25) is 6.79 Å². The standard InChI is InChI=1S/C20H20N2O3S/c1-12(2)14-6-4-13(5-7-14)8-19(23)21-20-22(3)15-9-16-17(25-11-24-16)10-18(15)26-20/h4-7,9-10,12H,8,11H2,1-3H3. The molecule has 4 rings (SSSR count). The van der Waals surface area contributed by atoms with Crippen LogP contribution in [0.1, 0.15) is 30.9 Å². The zero-order valence-corrected chi connectivity index (χ0v) is 15.8. The van der Waals surface area contributed by atoms with Crippen molar-refractivity contribution in [1.82, 2.24) is 4.57 Å². The van der Waals surface area contributed by atoms with Crippen molar-refractivity contribution in [1.29, 1.82) is 0 Å². The van der Waals surface area contributed by atoms with Gasteiger partial charge in [0.25, 0.3) is 5.91 Å². The first-order valence-corrected chi connectivity index (χ1v) is 9.38. The molecular weight excluding hydrogens is 348 g/mol. The highest BCUT2D eigenvalue weighted by Crippen LogP contribution is 2.36. The number of carbonyl (C=O) groups excluding carboxylic acids is 1. The Hall–Kier alpha value is -2.60. The lowest BCUT2D eigenvalue weighted by molar-refractivity contribution is -0.117. The third-order valence-corrected chi connectivity index (χ3v) is 5.62. The molecule has 5 nitrogen and oxygen atoms in total. The third kappa shape index (κ3) is 3.12. The van der Waals surface area contributed by atoms with Crippen LogP contribution in [0.4, 0.5) is 0 Å². The van der Waals surface area contributed by atoms with Crippen LogP contribution in [0.25, 0.3) is 10.2 Å². The van der Waals surface area contributed by atoms with E-state index in [1.165, 1.54) is 16.9 Å². The number of rotatable bonds is 3. The average Bonchev–Trinajstić information content (AvgIpc) is 3.18. The molecule has 1 aliphatic heterocycles. The van der Waals surface area contributed by atoms with Crippen molar-refractivity contribution < 1.29 is 14.3 Å². The summed E-state index contributed by atoms with van der Waals surface area (Å²) in [6.07, 6.45) is 0.301. The lowest BCUT2D eigenvalue weighted by Gasteiger charge is -2.05. The number of carbonyl (C=O) groups is 1. The maximum Gasteiger partial charge on any atom is 0.252 e. The molecule has 0 atom stereocenters. The number of hydrogen-bond donors (Lipinski definition) is 0. The first-order chi connectivity index (χ1) is 12.5. The zero-order chi connectivity index (χ0) is 18.3. The van der Waals surface area contributed by atoms with Gasteiger partial charge in [-0.1, -0.05) is 49.4 Å². The fraction of sp³-hybridized carbons (Fsp3) is 0.300. The number of nitrogens with zero attached hydrogens (tertiary/aromatic N) is 2. The molecule has 2 heterocycles. The van der Waals surface area contributed by atoms with E-state index in [9.17, 15) is 4.79 Å². The first-order valence-electron chi connectivity index (χ1n) is 8.57. The fourth-order valence-electron chi connectivity index (χ4n) is 2.97. The summed E-state index contributed by atoms with van der Waals surface area (Å²) >= 11 is 1.48. The van der Waals surface area contributed by atoms with Crippen LogP contribution in [-0.2, 0) is 18.3 Å². The number of thiazole rings is 1. The molecule has 1 aromatic heterocycles. The van der Waals surface area contributed by atoms with Crippen LogP contribution in [0.3, 0.4) is 0 Å². The summed E-state index contributed by atoms with van der Waals surface area (Å²) in [7, 11) is 1.91. The summed E-state index contributed by atoms with van der Waals surface area (Å²) in [5, 5.41) is 0. The summed E-state index contributed by atoms with van der Waals surface area (Å²) < 4.78 is 13.8. The van der Waals surface area contributed by atoms with Gasteiger partial charge in [0, 0.05) is 19.2 Å². The normalized spacial score (nSPS) is 13.8. The maximum atomic E-state index is 12.4. The number of amides is 1. The van der Waals surface area contributed by atoms with Crippen molar-refractivity contribution in [3.05, 3.63) is 52.3 Å². The van der Waals surface area contributed by atoms with Gasteiger partial charge in [-0.2, -0.15) is 4.99 Å². The highest BCUT2D eigenvalue weighted by atomic mass is 32.1. The molecule has 0 spiro atoms. The Kier molecular flexibility index (Phi) is 4.28. The molecule has 0 N–H and O–H groups in total. The molecule has 26 heavy (non-hydrogen) atoms. The van der Waals surface area contributed by atoms with Gasteiger partial charge in [-0.25, -0.2) is 0 Å². The topological polar surface area (TPSA) is 52.8 Å². The molecule has 0 fully saturated rings. The van der Waals surface area contributed by atoms with E-state index in [1.54, 1.807) is 0 Å². The van der Waals surface area contributed by atoms with E-state index in [0.29, 0.717) is 17.1 Å². The summed E-state index contributed by atoms with van der Waals surface area (Å²) in [4.78, 5) is 17.4. The molecule has 1 aliphatic rings. The Balaban J connectivity index is 1.61. The SMILES string of the molecule is CC(C)c1ccc(CC(=O)N=c2sc3cc4c(cc3n2C)OCO4)cc1. The smallest absolute Gasteiger partial charge is 0.252 e. The molecule has 2 aromatic carbocycles. The lowest BCUT2D eigenvalue weighted by atomic mass is 10.0. The third-order valence-electron chi connectivity index (χ3n) is 4.53. The summed E-state index contributed by atoms with van der Waals surface area (Å²) in [5.74, 6) is 1.80. The zero-order valence-electron chi connectivity index (χ0n) is 15.0. The Morgan fingerprint density at radius 2 is 1.88 bits per heavy atom. The second-order valence-electron chi connectivity index (χ2n) is 6.70. The number of aromatic nitrogens is 1. The number of ether oxygens (including phenoxy) is 2. The van der Waals surface area contributed by atoms with Crippen LogP contribution >= 0.6 is 11.3 Å². The largest absolute Gasteiger partial charge is 0.454 e. The summed E-state index contributed by atoms with van der Waals surface area (Å²) in [6.45, 7) is 4.56. The number of aryl methyl sites for hydroxylation is 1. The van der Waals surface area contributed by atoms with Crippen LogP contribution < -0.4 is 14.3 Å². The van der Waals surface area contributed by atoms with Gasteiger partial charge in [-0.05, 0) is 17.0 Å². The van der Waals surface area contributed by atoms with Gasteiger partial charge in [0.1, 0.15) is 0 Å². The van der Waals surface area contributed by atoms with Crippen molar-refractivity contribution in [2.24, 2.45) is 12.0 Å². The second-order valence-corrected chi connectivity index (χ2v) is 7.70. The van der Waals surface area contributed by atoms with Gasteiger partial charge in [-0.15, -0.1) is 0 Å². The van der Waals surface area contributed by atoms with Gasteiger partial charge in [-0.3, -0.25) is 4.79 Å². The molecule has 3 aromatic rings. The van der Waals surface area contributed by atoms with E-state index in [-0.39, 0.29) is 12.7 Å². The average molecular weight is 368 g/mol. The molecule has 0 bridgehead atoms. The number of fused-ring (bicyclic) bond motifs is 2. The minimum Gasteiger partial charge on any atom is -0.454 e. The predicted molar refractivity (Wildman–Crippen MR) is 102 cm³/mol. The van der Waals surface area contributed by atoms with E-state index >= 15 is 0 Å². The highest BCUT2D eigenvalue weighted by molar-refractivity contribution is 7.16. The van der Waals surface area contributed by atoms with Crippen LogP contribution in [0, 0.1) is 0 Å². The molecule has 1 amide bonds. The van der Waals surface area contributed by atoms with Gasteiger partial charge < -0.3 is 14.0 Å². The molecule has 0 saturated heterocycles. The van der Waals surface area contributed by atoms with Crippen molar-refractivity contribution in [2.75, 3.05) is 6.79 Å². The van der Waals surface area contributed by atoms with Gasteiger partial charge in [0.15, 0.2) is 16.3 Å². The van der Waals surface area contributed by atoms with Gasteiger partial charge >= 0.3 is 0 Å². The summed E-state index contributed by atoms with van der Waals surface area (Å²) in [5.41, 5.74) is 3.23. The Labute approximate surface area is 155 Å². The molecule has 0 unspecified atom stereocenters. The van der Waals surface area contributed by atoms with Crippen molar-refractivity contribution in [2.45, 2.75) is 26.2 Å². The highest BCUT2D eigenvalue weighted by Gasteiger charge is 2.17. The van der Waals surface area contributed by atoms with Gasteiger partial charge in [0.05, 0.1) is 16.6 Å². The molecule has 0 aliphatic carbocycles. The van der Waals surface area contributed by atoms with Crippen molar-refractivity contribution in [3.8, 4) is 11.5 Å². The monoisotopic (exact) mass is 368 g/mol. The number of hydrogen-bond acceptors (Lipinski definition) is 4. The molecule has 0 saturated carbocycles. The Morgan fingerprint density at radius 3 is 2.58 bits per heavy atom. The van der Waals surface area contributed by atoms with Crippen LogP contribution in [-0.4, -0.2) is 17.3 Å². The maximum absolute atomic E-state index is 12.4. The Bertz CT molecular complexity index is 1050. The van der Waals surface area contributed by atoms with E-state index in [0.717, 1.165) is 27.3 Å². The minimum atomic E-state index is -0.149.